The van der Waals surface area contributed by atoms with Crippen molar-refractivity contribution in [2.75, 3.05) is 6.61 Å². The molecule has 2 heterocycles. The number of nitrogens with one attached hydrogen (secondary N) is 1. The first-order chi connectivity index (χ1) is 16.5. The molecule has 4 saturated carbocycles. The number of ether oxygens (including phenoxy) is 1. The summed E-state index contributed by atoms with van der Waals surface area (Å²) in [6.07, 6.45) is 9.58. The summed E-state index contributed by atoms with van der Waals surface area (Å²) in [5.74, 6) is 3.09. The Morgan fingerprint density at radius 1 is 1.09 bits per heavy atom. The first kappa shape index (κ1) is 21.8. The Kier molecular flexibility index (Phi) is 5.44. The zero-order valence-electron chi connectivity index (χ0n) is 19.5. The highest BCUT2D eigenvalue weighted by molar-refractivity contribution is 5.87. The topological polar surface area (TPSA) is 94.3 Å². The van der Waals surface area contributed by atoms with Crippen LogP contribution in [-0.2, 0) is 16.0 Å². The van der Waals surface area contributed by atoms with Crippen molar-refractivity contribution in [3.8, 4) is 5.75 Å². The molecule has 178 valence electrons. The normalized spacial score (nSPS) is 33.7. The quantitative estimate of drug-likeness (QED) is 0.660. The number of para-hydroxylation sites is 1. The number of aromatic nitrogens is 1. The monoisotopic (exact) mass is 459 g/mol. The number of amides is 1. The number of hydrogen-bond donors (Lipinski definition) is 2. The van der Waals surface area contributed by atoms with E-state index in [0.717, 1.165) is 49.0 Å². The van der Waals surface area contributed by atoms with Gasteiger partial charge in [0.1, 0.15) is 18.1 Å². The summed E-state index contributed by atoms with van der Waals surface area (Å²) < 4.78 is 5.71. The number of ketones is 1. The summed E-state index contributed by atoms with van der Waals surface area (Å²) in [6, 6.07) is 11.5. The number of nitrogens with two attached hydrogens (primary N) is 1. The lowest BCUT2D eigenvalue weighted by Crippen LogP contribution is -2.58. The molecule has 5 aliphatic rings. The molecule has 2 aromatic rings. The van der Waals surface area contributed by atoms with Crippen LogP contribution in [0.15, 0.2) is 48.8 Å². The maximum Gasteiger partial charge on any atom is 0.222 e. The van der Waals surface area contributed by atoms with Crippen molar-refractivity contribution in [3.05, 3.63) is 59.9 Å². The maximum absolute atomic E-state index is 13.5. The Morgan fingerprint density at radius 2 is 1.82 bits per heavy atom. The zero-order chi connectivity index (χ0) is 23.3. The molecule has 1 amide bonds. The molecule has 0 spiro atoms. The third-order valence-corrected chi connectivity index (χ3v) is 9.00. The van der Waals surface area contributed by atoms with Gasteiger partial charge in [-0.1, -0.05) is 18.2 Å². The summed E-state index contributed by atoms with van der Waals surface area (Å²) in [5.41, 5.74) is 8.63. The van der Waals surface area contributed by atoms with Gasteiger partial charge in [-0.05, 0) is 79.5 Å². The minimum atomic E-state index is -0.191. The molecule has 0 saturated heterocycles. The number of Topliss-reactive ketones (excluding diaryl/α,β-unsaturated/α-hetero) is 1. The van der Waals surface area contributed by atoms with E-state index >= 15 is 0 Å². The van der Waals surface area contributed by atoms with Crippen molar-refractivity contribution in [3.63, 3.8) is 0 Å². The average Bonchev–Trinajstić information content (AvgIpc) is 3.21. The smallest absolute Gasteiger partial charge is 0.222 e. The van der Waals surface area contributed by atoms with E-state index in [2.05, 4.69) is 10.3 Å². The van der Waals surface area contributed by atoms with E-state index in [1.807, 2.05) is 36.4 Å². The van der Waals surface area contributed by atoms with Gasteiger partial charge in [0.05, 0.1) is 6.04 Å². The minimum Gasteiger partial charge on any atom is -0.491 e. The van der Waals surface area contributed by atoms with Gasteiger partial charge in [0.15, 0.2) is 0 Å². The van der Waals surface area contributed by atoms with Crippen molar-refractivity contribution < 1.29 is 14.3 Å². The van der Waals surface area contributed by atoms with E-state index in [0.29, 0.717) is 48.9 Å². The van der Waals surface area contributed by atoms with Crippen LogP contribution in [0.4, 0.5) is 0 Å². The summed E-state index contributed by atoms with van der Waals surface area (Å²) >= 11 is 0. The van der Waals surface area contributed by atoms with Gasteiger partial charge >= 0.3 is 0 Å². The van der Waals surface area contributed by atoms with E-state index in [1.54, 1.807) is 12.4 Å². The molecule has 4 fully saturated rings. The number of carbonyl (C=O) groups is 2. The Labute approximate surface area is 200 Å². The molecule has 0 radical (unpaired) electrons. The molecule has 4 unspecified atom stereocenters. The molecule has 1 aromatic heterocycles. The Bertz CT molecular complexity index is 1070. The predicted molar refractivity (Wildman–Crippen MR) is 128 cm³/mol. The number of hydrogen-bond acceptors (Lipinski definition) is 5. The number of carbonyl (C=O) groups excluding carboxylic acids is 2. The molecule has 34 heavy (non-hydrogen) atoms. The van der Waals surface area contributed by atoms with Gasteiger partial charge in [0.25, 0.3) is 0 Å². The Hall–Kier alpha value is -2.73. The van der Waals surface area contributed by atoms with Crippen LogP contribution in [-0.4, -0.2) is 29.3 Å². The van der Waals surface area contributed by atoms with Gasteiger partial charge in [-0.25, -0.2) is 0 Å². The third kappa shape index (κ3) is 3.82. The third-order valence-electron chi connectivity index (χ3n) is 9.00. The molecule has 6 nitrogen and oxygen atoms in total. The van der Waals surface area contributed by atoms with Crippen molar-refractivity contribution in [2.24, 2.45) is 34.8 Å². The molecule has 4 aliphatic carbocycles. The molecular formula is C28H33N3O3. The van der Waals surface area contributed by atoms with E-state index in [1.165, 1.54) is 0 Å². The number of pyridine rings is 1. The second kappa shape index (κ2) is 8.49. The second-order valence-corrected chi connectivity index (χ2v) is 11.1. The molecule has 4 bridgehead atoms. The van der Waals surface area contributed by atoms with Crippen LogP contribution in [0.1, 0.15) is 55.7 Å². The van der Waals surface area contributed by atoms with Crippen LogP contribution in [0.5, 0.6) is 5.75 Å². The Morgan fingerprint density at radius 3 is 2.59 bits per heavy atom. The lowest BCUT2D eigenvalue weighted by Gasteiger charge is -2.60. The standard InChI is InChI=1S/C28H33N3O3/c29-22(12-26(33)31-23-16-34-24-4-2-1-3-21(23)24)27-19-9-18-10-20(27)15-28(13-18,14-19)25(32)11-17-5-7-30-8-6-17/h1-8,18-20,22-23,27H,9-16,29H2,(H,31,33). The predicted octanol–water partition coefficient (Wildman–Crippen LogP) is 3.60. The lowest BCUT2D eigenvalue weighted by molar-refractivity contribution is -0.152. The van der Waals surface area contributed by atoms with Gasteiger partial charge in [0.2, 0.25) is 5.91 Å². The maximum atomic E-state index is 13.5. The second-order valence-electron chi connectivity index (χ2n) is 11.1. The highest BCUT2D eigenvalue weighted by Crippen LogP contribution is 2.63. The average molecular weight is 460 g/mol. The molecule has 4 atom stereocenters. The fourth-order valence-electron chi connectivity index (χ4n) is 7.86. The van der Waals surface area contributed by atoms with Crippen LogP contribution < -0.4 is 15.8 Å². The molecule has 6 heteroatoms. The van der Waals surface area contributed by atoms with Gasteiger partial charge in [-0.2, -0.15) is 0 Å². The molecular weight excluding hydrogens is 426 g/mol. The van der Waals surface area contributed by atoms with Crippen LogP contribution in [0.3, 0.4) is 0 Å². The number of nitrogens with zero attached hydrogens (tertiary/aromatic N) is 1. The van der Waals surface area contributed by atoms with Gasteiger partial charge in [-0.3, -0.25) is 14.6 Å². The van der Waals surface area contributed by atoms with Crippen molar-refractivity contribution in [1.82, 2.24) is 10.3 Å². The molecule has 1 aromatic carbocycles. The van der Waals surface area contributed by atoms with Gasteiger partial charge in [0, 0.05) is 42.3 Å². The highest BCUT2D eigenvalue weighted by atomic mass is 16.5. The summed E-state index contributed by atoms with van der Waals surface area (Å²) in [4.78, 5) is 30.5. The number of rotatable bonds is 7. The van der Waals surface area contributed by atoms with Crippen molar-refractivity contribution >= 4 is 11.7 Å². The van der Waals surface area contributed by atoms with E-state index in [-0.39, 0.29) is 23.4 Å². The SMILES string of the molecule is NC(CC(=O)NC1COc2ccccc21)C1C2CC3CC1CC(C(=O)Cc1ccncc1)(C3)C2. The first-order valence-electron chi connectivity index (χ1n) is 12.7. The van der Waals surface area contributed by atoms with Crippen LogP contribution in [0.25, 0.3) is 0 Å². The van der Waals surface area contributed by atoms with E-state index in [9.17, 15) is 9.59 Å². The van der Waals surface area contributed by atoms with Crippen LogP contribution in [0.2, 0.25) is 0 Å². The van der Waals surface area contributed by atoms with Crippen molar-refractivity contribution in [2.45, 2.75) is 57.0 Å². The van der Waals surface area contributed by atoms with Crippen LogP contribution in [0, 0.1) is 29.1 Å². The molecule has 3 N–H and O–H groups in total. The molecule has 1 aliphatic heterocycles. The number of benzene rings is 1. The zero-order valence-corrected chi connectivity index (χ0v) is 19.5. The van der Waals surface area contributed by atoms with Crippen LogP contribution >= 0.6 is 0 Å². The first-order valence-corrected chi connectivity index (χ1v) is 12.7. The largest absolute Gasteiger partial charge is 0.491 e. The van der Waals surface area contributed by atoms with Crippen molar-refractivity contribution in [1.29, 1.82) is 0 Å². The van der Waals surface area contributed by atoms with Gasteiger partial charge in [-0.15, -0.1) is 0 Å². The summed E-state index contributed by atoms with van der Waals surface area (Å²) in [6.45, 7) is 0.471. The van der Waals surface area contributed by atoms with Gasteiger partial charge < -0.3 is 15.8 Å². The number of fused-ring (bicyclic) bond motifs is 1. The minimum absolute atomic E-state index is 0.00455. The van der Waals surface area contributed by atoms with E-state index in [4.69, 9.17) is 10.5 Å². The summed E-state index contributed by atoms with van der Waals surface area (Å²) in [5, 5.41) is 3.14. The fourth-order valence-corrected chi connectivity index (χ4v) is 7.86. The fraction of sp³-hybridized carbons (Fsp3) is 0.536. The summed E-state index contributed by atoms with van der Waals surface area (Å²) in [7, 11) is 0. The highest BCUT2D eigenvalue weighted by Gasteiger charge is 2.58. The van der Waals surface area contributed by atoms with E-state index < -0.39 is 0 Å². The lowest BCUT2D eigenvalue weighted by atomic mass is 9.44. The molecule has 7 rings (SSSR count). The Balaban J connectivity index is 1.11.